The van der Waals surface area contributed by atoms with Gasteiger partial charge in [0, 0.05) is 26.2 Å². The van der Waals surface area contributed by atoms with Crippen molar-refractivity contribution in [2.45, 2.75) is 19.3 Å². The Kier molecular flexibility index (Phi) is 3.65. The second-order valence-corrected chi connectivity index (χ2v) is 5.47. The molecule has 6 heteroatoms. The molecule has 0 aromatic carbocycles. The van der Waals surface area contributed by atoms with Gasteiger partial charge in [-0.3, -0.25) is 10.2 Å². The van der Waals surface area contributed by atoms with E-state index in [-0.39, 0.29) is 5.91 Å². The van der Waals surface area contributed by atoms with Crippen molar-refractivity contribution >= 4 is 23.1 Å². The Bertz CT molecular complexity index is 321. The lowest BCUT2D eigenvalue weighted by atomic mass is 9.68. The van der Waals surface area contributed by atoms with Gasteiger partial charge in [0.05, 0.1) is 4.99 Å². The zero-order chi connectivity index (χ0) is 12.5. The van der Waals surface area contributed by atoms with Crippen LogP contribution in [0.15, 0.2) is 0 Å². The van der Waals surface area contributed by atoms with Crippen LogP contribution in [-0.2, 0) is 4.79 Å². The maximum Gasteiger partial charge on any atom is 0.247 e. The summed E-state index contributed by atoms with van der Waals surface area (Å²) < 4.78 is 0. The SMILES string of the molecule is CN1CCN(NC(=O)C2(C(N)=S)CCC2)CC1. The highest BCUT2D eigenvalue weighted by Crippen LogP contribution is 2.41. The summed E-state index contributed by atoms with van der Waals surface area (Å²) in [4.78, 5) is 14.8. The van der Waals surface area contributed by atoms with Gasteiger partial charge in [-0.15, -0.1) is 0 Å². The van der Waals surface area contributed by atoms with Gasteiger partial charge < -0.3 is 10.6 Å². The van der Waals surface area contributed by atoms with Crippen LogP contribution in [0, 0.1) is 5.41 Å². The van der Waals surface area contributed by atoms with Crippen molar-refractivity contribution in [2.24, 2.45) is 11.1 Å². The zero-order valence-electron chi connectivity index (χ0n) is 10.2. The predicted octanol–water partition coefficient (Wildman–Crippen LogP) is -0.279. The van der Waals surface area contributed by atoms with E-state index < -0.39 is 5.41 Å². The molecular formula is C11H20N4OS. The Morgan fingerprint density at radius 3 is 2.29 bits per heavy atom. The fourth-order valence-electron chi connectivity index (χ4n) is 2.28. The van der Waals surface area contributed by atoms with Crippen molar-refractivity contribution in [2.75, 3.05) is 33.2 Å². The molecule has 0 unspecified atom stereocenters. The topological polar surface area (TPSA) is 61.6 Å². The molecule has 0 radical (unpaired) electrons. The van der Waals surface area contributed by atoms with E-state index in [4.69, 9.17) is 18.0 Å². The molecule has 96 valence electrons. The molecule has 2 rings (SSSR count). The molecule has 5 nitrogen and oxygen atoms in total. The summed E-state index contributed by atoms with van der Waals surface area (Å²) in [7, 11) is 2.08. The Balaban J connectivity index is 1.90. The second kappa shape index (κ2) is 4.88. The number of amides is 1. The molecule has 1 amide bonds. The Morgan fingerprint density at radius 1 is 1.29 bits per heavy atom. The van der Waals surface area contributed by atoms with E-state index in [1.54, 1.807) is 0 Å². The van der Waals surface area contributed by atoms with Crippen LogP contribution in [0.1, 0.15) is 19.3 Å². The van der Waals surface area contributed by atoms with Gasteiger partial charge in [0.2, 0.25) is 5.91 Å². The van der Waals surface area contributed by atoms with Gasteiger partial charge in [-0.2, -0.15) is 0 Å². The summed E-state index contributed by atoms with van der Waals surface area (Å²) in [6.07, 6.45) is 2.62. The number of nitrogens with zero attached hydrogens (tertiary/aromatic N) is 2. The normalized spacial score (nSPS) is 25.0. The van der Waals surface area contributed by atoms with Crippen LogP contribution in [0.2, 0.25) is 0 Å². The summed E-state index contributed by atoms with van der Waals surface area (Å²) in [5.41, 5.74) is 8.10. The smallest absolute Gasteiger partial charge is 0.247 e. The first-order chi connectivity index (χ1) is 8.04. The predicted molar refractivity (Wildman–Crippen MR) is 70.3 cm³/mol. The molecule has 0 spiro atoms. The van der Waals surface area contributed by atoms with Gasteiger partial charge in [-0.25, -0.2) is 5.01 Å². The maximum absolute atomic E-state index is 12.2. The van der Waals surface area contributed by atoms with Crippen molar-refractivity contribution in [1.29, 1.82) is 0 Å². The average Bonchev–Trinajstić information content (AvgIpc) is 2.19. The van der Waals surface area contributed by atoms with Crippen LogP contribution < -0.4 is 11.2 Å². The monoisotopic (exact) mass is 256 g/mol. The molecule has 17 heavy (non-hydrogen) atoms. The minimum atomic E-state index is -0.571. The Hall–Kier alpha value is -0.720. The molecule has 0 atom stereocenters. The molecule has 3 N–H and O–H groups in total. The standard InChI is InChI=1S/C11H20N4OS/c1-14-5-7-15(8-6-14)13-10(16)11(9(12)17)3-2-4-11/h2-8H2,1H3,(H2,12,17)(H,13,16). The lowest BCUT2D eigenvalue weighted by molar-refractivity contribution is -0.136. The number of likely N-dealkylation sites (N-methyl/N-ethyl adjacent to an activating group) is 1. The van der Waals surface area contributed by atoms with Gasteiger partial charge in [0.25, 0.3) is 0 Å². The lowest BCUT2D eigenvalue weighted by Crippen LogP contribution is -2.60. The van der Waals surface area contributed by atoms with E-state index >= 15 is 0 Å². The van der Waals surface area contributed by atoms with Gasteiger partial charge >= 0.3 is 0 Å². The molecule has 1 saturated carbocycles. The highest BCUT2D eigenvalue weighted by atomic mass is 32.1. The highest BCUT2D eigenvalue weighted by molar-refractivity contribution is 7.80. The van der Waals surface area contributed by atoms with E-state index in [1.807, 2.05) is 5.01 Å². The summed E-state index contributed by atoms with van der Waals surface area (Å²) >= 11 is 5.03. The fraction of sp³-hybridized carbons (Fsp3) is 0.818. The van der Waals surface area contributed by atoms with Gasteiger partial charge in [0.1, 0.15) is 5.41 Å². The third kappa shape index (κ3) is 2.43. The minimum Gasteiger partial charge on any atom is -0.392 e. The summed E-state index contributed by atoms with van der Waals surface area (Å²) in [6, 6.07) is 0. The van der Waals surface area contributed by atoms with Crippen molar-refractivity contribution in [1.82, 2.24) is 15.3 Å². The van der Waals surface area contributed by atoms with Crippen molar-refractivity contribution in [3.05, 3.63) is 0 Å². The molecule has 1 heterocycles. The van der Waals surface area contributed by atoms with Crippen LogP contribution in [0.25, 0.3) is 0 Å². The van der Waals surface area contributed by atoms with E-state index in [1.165, 1.54) is 0 Å². The molecule has 2 aliphatic rings. The molecular weight excluding hydrogens is 236 g/mol. The molecule has 0 aromatic rings. The number of hydrogen-bond acceptors (Lipinski definition) is 4. The van der Waals surface area contributed by atoms with Crippen LogP contribution in [-0.4, -0.2) is 54.0 Å². The molecule has 0 aromatic heterocycles. The third-order valence-corrected chi connectivity index (χ3v) is 4.27. The van der Waals surface area contributed by atoms with E-state index in [9.17, 15) is 4.79 Å². The number of piperazine rings is 1. The van der Waals surface area contributed by atoms with Gasteiger partial charge in [-0.05, 0) is 19.9 Å². The van der Waals surface area contributed by atoms with Crippen LogP contribution in [0.4, 0.5) is 0 Å². The maximum atomic E-state index is 12.2. The third-order valence-electron chi connectivity index (χ3n) is 3.88. The number of rotatable bonds is 3. The summed E-state index contributed by atoms with van der Waals surface area (Å²) in [5.74, 6) is -0.0131. The molecule has 1 aliphatic carbocycles. The number of hydrazine groups is 1. The quantitative estimate of drug-likeness (QED) is 0.680. The van der Waals surface area contributed by atoms with Crippen molar-refractivity contribution in [3.63, 3.8) is 0 Å². The van der Waals surface area contributed by atoms with Crippen LogP contribution in [0.5, 0.6) is 0 Å². The largest absolute Gasteiger partial charge is 0.392 e. The van der Waals surface area contributed by atoms with Crippen molar-refractivity contribution in [3.8, 4) is 0 Å². The Labute approximate surface area is 107 Å². The fourth-order valence-corrected chi connectivity index (χ4v) is 2.58. The highest BCUT2D eigenvalue weighted by Gasteiger charge is 2.47. The number of hydrogen-bond donors (Lipinski definition) is 2. The molecule has 1 aliphatic heterocycles. The average molecular weight is 256 g/mol. The minimum absolute atomic E-state index is 0.0131. The molecule has 0 bridgehead atoms. The van der Waals surface area contributed by atoms with Gasteiger partial charge in [0.15, 0.2) is 0 Å². The van der Waals surface area contributed by atoms with Crippen LogP contribution >= 0.6 is 12.2 Å². The number of thiocarbonyl (C=S) groups is 1. The van der Waals surface area contributed by atoms with Crippen molar-refractivity contribution < 1.29 is 4.79 Å². The van der Waals surface area contributed by atoms with Gasteiger partial charge in [-0.1, -0.05) is 18.6 Å². The lowest BCUT2D eigenvalue weighted by Gasteiger charge is -2.41. The zero-order valence-corrected chi connectivity index (χ0v) is 11.1. The number of carbonyl (C=O) groups is 1. The number of carbonyl (C=O) groups excluding carboxylic acids is 1. The van der Waals surface area contributed by atoms with Crippen LogP contribution in [0.3, 0.4) is 0 Å². The molecule has 2 fully saturated rings. The summed E-state index contributed by atoms with van der Waals surface area (Å²) in [5, 5.41) is 1.97. The number of nitrogens with two attached hydrogens (primary N) is 1. The first kappa shape index (κ1) is 12.7. The second-order valence-electron chi connectivity index (χ2n) is 5.03. The first-order valence-corrected chi connectivity index (χ1v) is 6.50. The Morgan fingerprint density at radius 2 is 1.88 bits per heavy atom. The van der Waals surface area contributed by atoms with E-state index in [0.29, 0.717) is 4.99 Å². The molecule has 1 saturated heterocycles. The number of nitrogens with one attached hydrogen (secondary N) is 1. The van der Waals surface area contributed by atoms with E-state index in [0.717, 1.165) is 45.4 Å². The summed E-state index contributed by atoms with van der Waals surface area (Å²) in [6.45, 7) is 3.66. The van der Waals surface area contributed by atoms with E-state index in [2.05, 4.69) is 17.4 Å². The first-order valence-electron chi connectivity index (χ1n) is 6.09.